The first-order chi connectivity index (χ1) is 14.0. The molecule has 2 aromatic rings. The Morgan fingerprint density at radius 2 is 1.38 bits per heavy atom. The zero-order chi connectivity index (χ0) is 20.4. The highest BCUT2D eigenvalue weighted by Crippen LogP contribution is 2.24. The minimum atomic E-state index is 0.313. The van der Waals surface area contributed by atoms with E-state index in [9.17, 15) is 0 Å². The highest BCUT2D eigenvalue weighted by atomic mass is 16.5. The largest absolute Gasteiger partial charge is 0.488 e. The van der Waals surface area contributed by atoms with Gasteiger partial charge in [-0.3, -0.25) is 9.80 Å². The third-order valence-electron chi connectivity index (χ3n) is 6.40. The highest BCUT2D eigenvalue weighted by molar-refractivity contribution is 5.38. The number of rotatable bonds is 6. The van der Waals surface area contributed by atoms with E-state index in [-0.39, 0.29) is 0 Å². The van der Waals surface area contributed by atoms with Crippen molar-refractivity contribution in [3.63, 3.8) is 0 Å². The van der Waals surface area contributed by atoms with Crippen LogP contribution < -0.4 is 4.74 Å². The van der Waals surface area contributed by atoms with Gasteiger partial charge in [-0.15, -0.1) is 0 Å². The molecule has 0 aromatic heterocycles. The molecule has 29 heavy (non-hydrogen) atoms. The summed E-state index contributed by atoms with van der Waals surface area (Å²) >= 11 is 0. The summed E-state index contributed by atoms with van der Waals surface area (Å²) in [5.41, 5.74) is 7.09. The molecule has 0 N–H and O–H groups in total. The predicted molar refractivity (Wildman–Crippen MR) is 120 cm³/mol. The normalized spacial score (nSPS) is 19.3. The van der Waals surface area contributed by atoms with Crippen molar-refractivity contribution in [2.75, 3.05) is 46.3 Å². The van der Waals surface area contributed by atoms with Gasteiger partial charge in [0.2, 0.25) is 0 Å². The van der Waals surface area contributed by atoms with Crippen molar-refractivity contribution in [1.29, 1.82) is 0 Å². The van der Waals surface area contributed by atoms with Gasteiger partial charge in [0.1, 0.15) is 11.9 Å². The number of aryl methyl sites for hydroxylation is 2. The first-order valence-corrected chi connectivity index (χ1v) is 10.9. The van der Waals surface area contributed by atoms with Crippen molar-refractivity contribution in [2.45, 2.75) is 40.0 Å². The molecule has 2 aliphatic rings. The number of hydrogen-bond acceptors (Lipinski definition) is 4. The molecule has 4 nitrogen and oxygen atoms in total. The molecule has 0 saturated carbocycles. The van der Waals surface area contributed by atoms with Crippen LogP contribution in [0.15, 0.2) is 36.4 Å². The van der Waals surface area contributed by atoms with Gasteiger partial charge in [-0.2, -0.15) is 0 Å². The van der Waals surface area contributed by atoms with Crippen molar-refractivity contribution >= 4 is 0 Å². The Balaban J connectivity index is 1.33. The molecule has 156 valence electrons. The lowest BCUT2D eigenvalue weighted by Crippen LogP contribution is -2.53. The average molecular weight is 394 g/mol. The average Bonchev–Trinajstić information content (AvgIpc) is 2.67. The fraction of sp³-hybridized carbons (Fsp3) is 0.520. The lowest BCUT2D eigenvalue weighted by Gasteiger charge is -2.39. The van der Waals surface area contributed by atoms with E-state index in [1.807, 2.05) is 0 Å². The number of nitrogens with zero attached hydrogens (tertiary/aromatic N) is 3. The Bertz CT molecular complexity index is 819. The van der Waals surface area contributed by atoms with E-state index < -0.39 is 0 Å². The molecular weight excluding hydrogens is 358 g/mol. The van der Waals surface area contributed by atoms with Gasteiger partial charge in [0.25, 0.3) is 0 Å². The lowest BCUT2D eigenvalue weighted by molar-refractivity contribution is 0.0144. The lowest BCUT2D eigenvalue weighted by atomic mass is 9.97. The second-order valence-corrected chi connectivity index (χ2v) is 9.03. The molecule has 0 atom stereocenters. The van der Waals surface area contributed by atoms with Gasteiger partial charge < -0.3 is 9.64 Å². The zero-order valence-corrected chi connectivity index (χ0v) is 18.4. The monoisotopic (exact) mass is 393 g/mol. The number of likely N-dealkylation sites (tertiary alicyclic amines) is 1. The first-order valence-electron chi connectivity index (χ1n) is 10.9. The van der Waals surface area contributed by atoms with E-state index in [2.05, 4.69) is 78.9 Å². The molecule has 2 aromatic carbocycles. The molecular formula is C25H35N3O. The maximum atomic E-state index is 6.11. The van der Waals surface area contributed by atoms with Gasteiger partial charge in [-0.25, -0.2) is 0 Å². The standard InChI is InChI=1S/C25H35N3O/c1-19-5-7-24(8-6-19)29-25-17-28(18-25)16-23-14-20(2)13-22(21(23)3)15-27-11-9-26(4)10-12-27/h5-8,13-14,25H,9-12,15-18H2,1-4H3. The van der Waals surface area contributed by atoms with E-state index in [1.165, 1.54) is 54.0 Å². The topological polar surface area (TPSA) is 19.0 Å². The molecule has 0 spiro atoms. The fourth-order valence-electron chi connectivity index (χ4n) is 4.37. The smallest absolute Gasteiger partial charge is 0.124 e. The molecule has 4 rings (SSSR count). The Kier molecular flexibility index (Phi) is 6.23. The highest BCUT2D eigenvalue weighted by Gasteiger charge is 2.29. The van der Waals surface area contributed by atoms with Crippen LogP contribution in [0.5, 0.6) is 5.75 Å². The van der Waals surface area contributed by atoms with Crippen LogP contribution >= 0.6 is 0 Å². The molecule has 4 heteroatoms. The Morgan fingerprint density at radius 3 is 2.00 bits per heavy atom. The van der Waals surface area contributed by atoms with Crippen LogP contribution in [0.2, 0.25) is 0 Å². The van der Waals surface area contributed by atoms with Crippen molar-refractivity contribution < 1.29 is 4.74 Å². The van der Waals surface area contributed by atoms with E-state index in [0.29, 0.717) is 6.10 Å². The Labute approximate surface area is 176 Å². The van der Waals surface area contributed by atoms with Gasteiger partial charge in [0, 0.05) is 52.4 Å². The third-order valence-corrected chi connectivity index (χ3v) is 6.40. The van der Waals surface area contributed by atoms with Gasteiger partial charge in [-0.05, 0) is 56.6 Å². The Hall–Kier alpha value is -1.88. The molecule has 2 aliphatic heterocycles. The van der Waals surface area contributed by atoms with Crippen molar-refractivity contribution in [3.05, 3.63) is 64.2 Å². The molecule has 2 heterocycles. The van der Waals surface area contributed by atoms with Gasteiger partial charge in [-0.1, -0.05) is 35.4 Å². The van der Waals surface area contributed by atoms with Crippen molar-refractivity contribution in [3.8, 4) is 5.75 Å². The van der Waals surface area contributed by atoms with E-state index >= 15 is 0 Å². The number of ether oxygens (including phenoxy) is 1. The van der Waals surface area contributed by atoms with Crippen molar-refractivity contribution in [2.24, 2.45) is 0 Å². The second kappa shape index (κ2) is 8.86. The summed E-state index contributed by atoms with van der Waals surface area (Å²) in [7, 11) is 2.22. The third kappa shape index (κ3) is 5.19. The minimum Gasteiger partial charge on any atom is -0.488 e. The maximum absolute atomic E-state index is 6.11. The molecule has 0 radical (unpaired) electrons. The number of benzene rings is 2. The minimum absolute atomic E-state index is 0.313. The summed E-state index contributed by atoms with van der Waals surface area (Å²) in [5.74, 6) is 0.987. The Morgan fingerprint density at radius 1 is 0.793 bits per heavy atom. The summed E-state index contributed by atoms with van der Waals surface area (Å²) in [4.78, 5) is 7.52. The number of piperazine rings is 1. The maximum Gasteiger partial charge on any atom is 0.124 e. The zero-order valence-electron chi connectivity index (χ0n) is 18.4. The molecule has 2 fully saturated rings. The summed E-state index contributed by atoms with van der Waals surface area (Å²) in [6, 6.07) is 13.1. The number of hydrogen-bond donors (Lipinski definition) is 0. The van der Waals surface area contributed by atoms with Crippen LogP contribution in [-0.4, -0.2) is 67.1 Å². The molecule has 2 saturated heterocycles. The van der Waals surface area contributed by atoms with Crippen LogP contribution in [0.1, 0.15) is 27.8 Å². The van der Waals surface area contributed by atoms with E-state index in [0.717, 1.165) is 31.9 Å². The molecule has 0 amide bonds. The quantitative estimate of drug-likeness (QED) is 0.746. The van der Waals surface area contributed by atoms with Gasteiger partial charge >= 0.3 is 0 Å². The first kappa shape index (κ1) is 20.4. The van der Waals surface area contributed by atoms with E-state index in [4.69, 9.17) is 4.74 Å². The van der Waals surface area contributed by atoms with Crippen LogP contribution in [0.25, 0.3) is 0 Å². The summed E-state index contributed by atoms with van der Waals surface area (Å²) < 4.78 is 6.11. The van der Waals surface area contributed by atoms with E-state index in [1.54, 1.807) is 0 Å². The number of likely N-dealkylation sites (N-methyl/N-ethyl adjacent to an activating group) is 1. The van der Waals surface area contributed by atoms with Crippen LogP contribution in [0.3, 0.4) is 0 Å². The second-order valence-electron chi connectivity index (χ2n) is 9.03. The van der Waals surface area contributed by atoms with Gasteiger partial charge in [0.15, 0.2) is 0 Å². The molecule has 0 aliphatic carbocycles. The fourth-order valence-corrected chi connectivity index (χ4v) is 4.37. The van der Waals surface area contributed by atoms with Crippen molar-refractivity contribution in [1.82, 2.24) is 14.7 Å². The van der Waals surface area contributed by atoms with Crippen LogP contribution in [0, 0.1) is 20.8 Å². The van der Waals surface area contributed by atoms with Gasteiger partial charge in [0.05, 0.1) is 0 Å². The summed E-state index contributed by atoms with van der Waals surface area (Å²) in [6.07, 6.45) is 0.313. The predicted octanol–water partition coefficient (Wildman–Crippen LogP) is 3.62. The SMILES string of the molecule is Cc1ccc(OC2CN(Cc3cc(C)cc(CN4CCN(C)CC4)c3C)C2)cc1. The summed E-state index contributed by atoms with van der Waals surface area (Å²) in [5, 5.41) is 0. The van der Waals surface area contributed by atoms with Crippen LogP contribution in [0.4, 0.5) is 0 Å². The summed E-state index contributed by atoms with van der Waals surface area (Å²) in [6.45, 7) is 15.5. The molecule has 0 unspecified atom stereocenters. The molecule has 0 bridgehead atoms. The van der Waals surface area contributed by atoms with Crippen LogP contribution in [-0.2, 0) is 13.1 Å².